The summed E-state index contributed by atoms with van der Waals surface area (Å²) in [4.78, 5) is 61.3. The van der Waals surface area contributed by atoms with Gasteiger partial charge < -0.3 is 14.2 Å². The molecule has 1 N–H and O–H groups in total. The lowest BCUT2D eigenvalue weighted by atomic mass is 10.1. The molecule has 0 aromatic heterocycles. The van der Waals surface area contributed by atoms with Gasteiger partial charge in [0.2, 0.25) is 0 Å². The summed E-state index contributed by atoms with van der Waals surface area (Å²) in [7, 11) is 1.42. The van der Waals surface area contributed by atoms with Crippen LogP contribution in [0.3, 0.4) is 0 Å². The van der Waals surface area contributed by atoms with Gasteiger partial charge in [0.15, 0.2) is 11.5 Å². The van der Waals surface area contributed by atoms with E-state index in [9.17, 15) is 29.3 Å². The molecule has 1 aliphatic heterocycles. The number of esters is 1. The number of nitro benzene ring substituents is 1. The first-order chi connectivity index (χ1) is 19.2. The molecule has 12 heteroatoms. The average Bonchev–Trinajstić information content (AvgIpc) is 2.95. The number of nitro groups is 1. The monoisotopic (exact) mass is 545 g/mol. The number of rotatable bonds is 9. The lowest BCUT2D eigenvalue weighted by Gasteiger charge is -2.26. The summed E-state index contributed by atoms with van der Waals surface area (Å²) in [5.74, 6) is -1.60. The number of ether oxygens (including phenoxy) is 3. The van der Waals surface area contributed by atoms with Crippen LogP contribution in [0.25, 0.3) is 6.08 Å². The zero-order valence-corrected chi connectivity index (χ0v) is 21.4. The number of carbonyl (C=O) groups excluding carboxylic acids is 4. The van der Waals surface area contributed by atoms with Crippen molar-refractivity contribution in [3.8, 4) is 11.5 Å². The maximum absolute atomic E-state index is 13.2. The Kier molecular flexibility index (Phi) is 8.19. The number of imide groups is 2. The Labute approximate surface area is 227 Å². The molecule has 3 aromatic rings. The van der Waals surface area contributed by atoms with Crippen LogP contribution in [0.5, 0.6) is 11.5 Å². The molecule has 4 amide bonds. The van der Waals surface area contributed by atoms with Crippen molar-refractivity contribution in [1.29, 1.82) is 0 Å². The first-order valence-electron chi connectivity index (χ1n) is 11.9. The van der Waals surface area contributed by atoms with Gasteiger partial charge in [0.05, 0.1) is 29.9 Å². The molecule has 0 spiro atoms. The molecule has 3 aromatic carbocycles. The highest BCUT2D eigenvalue weighted by Gasteiger charge is 2.37. The highest BCUT2D eigenvalue weighted by Crippen LogP contribution is 2.31. The van der Waals surface area contributed by atoms with Crippen LogP contribution in [0, 0.1) is 10.1 Å². The summed E-state index contributed by atoms with van der Waals surface area (Å²) >= 11 is 0. The molecular weight excluding hydrogens is 522 g/mol. The molecule has 0 aliphatic carbocycles. The van der Waals surface area contributed by atoms with Gasteiger partial charge in [-0.1, -0.05) is 6.07 Å². The predicted octanol–water partition coefficient (Wildman–Crippen LogP) is 4.03. The van der Waals surface area contributed by atoms with Gasteiger partial charge in [-0.25, -0.2) is 14.5 Å². The van der Waals surface area contributed by atoms with Gasteiger partial charge in [-0.15, -0.1) is 0 Å². The van der Waals surface area contributed by atoms with Crippen LogP contribution in [0.2, 0.25) is 0 Å². The van der Waals surface area contributed by atoms with Crippen molar-refractivity contribution < 1.29 is 38.3 Å². The third-order valence-electron chi connectivity index (χ3n) is 5.78. The Morgan fingerprint density at radius 1 is 1.00 bits per heavy atom. The van der Waals surface area contributed by atoms with Gasteiger partial charge in [0.25, 0.3) is 17.5 Å². The minimum Gasteiger partial charge on any atom is -0.493 e. The van der Waals surface area contributed by atoms with Gasteiger partial charge in [0.1, 0.15) is 12.2 Å². The third kappa shape index (κ3) is 5.96. The van der Waals surface area contributed by atoms with Crippen LogP contribution in [-0.2, 0) is 20.9 Å². The highest BCUT2D eigenvalue weighted by molar-refractivity contribution is 6.39. The Hall–Kier alpha value is -5.52. The molecule has 0 atom stereocenters. The van der Waals surface area contributed by atoms with E-state index in [1.807, 2.05) is 0 Å². The summed E-state index contributed by atoms with van der Waals surface area (Å²) < 4.78 is 16.1. The fourth-order valence-electron chi connectivity index (χ4n) is 3.79. The van der Waals surface area contributed by atoms with Gasteiger partial charge in [0, 0.05) is 12.1 Å². The van der Waals surface area contributed by atoms with E-state index in [1.165, 1.54) is 49.6 Å². The Bertz CT molecular complexity index is 1510. The van der Waals surface area contributed by atoms with E-state index in [1.54, 1.807) is 37.3 Å². The molecule has 0 unspecified atom stereocenters. The molecule has 1 heterocycles. The number of nitrogens with one attached hydrogen (secondary N) is 1. The van der Waals surface area contributed by atoms with Crippen molar-refractivity contribution in [3.05, 3.63) is 99.1 Å². The molecule has 1 aliphatic rings. The summed E-state index contributed by atoms with van der Waals surface area (Å²) in [5.41, 5.74) is 1.19. The fraction of sp³-hybridized carbons (Fsp3) is 0.143. The topological polar surface area (TPSA) is 154 Å². The maximum Gasteiger partial charge on any atom is 0.338 e. The smallest absolute Gasteiger partial charge is 0.338 e. The van der Waals surface area contributed by atoms with Crippen LogP contribution in [0.15, 0.2) is 72.3 Å². The van der Waals surface area contributed by atoms with Gasteiger partial charge >= 0.3 is 12.0 Å². The summed E-state index contributed by atoms with van der Waals surface area (Å²) in [6, 6.07) is 15.3. The van der Waals surface area contributed by atoms with Gasteiger partial charge in [-0.05, 0) is 72.7 Å². The summed E-state index contributed by atoms with van der Waals surface area (Å²) in [6.07, 6.45) is 1.31. The van der Waals surface area contributed by atoms with Crippen molar-refractivity contribution in [3.63, 3.8) is 0 Å². The molecule has 0 saturated carbocycles. The second kappa shape index (κ2) is 11.9. The van der Waals surface area contributed by atoms with Crippen LogP contribution in [0.4, 0.5) is 16.2 Å². The second-order valence-electron chi connectivity index (χ2n) is 8.35. The molecule has 12 nitrogen and oxygen atoms in total. The Balaban J connectivity index is 1.54. The number of barbiturate groups is 1. The molecule has 40 heavy (non-hydrogen) atoms. The van der Waals surface area contributed by atoms with E-state index in [2.05, 4.69) is 5.32 Å². The van der Waals surface area contributed by atoms with Crippen LogP contribution < -0.4 is 19.7 Å². The predicted molar refractivity (Wildman–Crippen MR) is 142 cm³/mol. The Morgan fingerprint density at radius 3 is 2.33 bits per heavy atom. The number of hydrogen-bond acceptors (Lipinski definition) is 9. The van der Waals surface area contributed by atoms with Crippen LogP contribution in [-0.4, -0.2) is 42.5 Å². The molecule has 1 saturated heterocycles. The minimum atomic E-state index is -0.927. The van der Waals surface area contributed by atoms with Gasteiger partial charge in [-0.3, -0.25) is 25.0 Å². The number of anilines is 1. The lowest BCUT2D eigenvalue weighted by molar-refractivity contribution is -0.384. The van der Waals surface area contributed by atoms with E-state index in [0.29, 0.717) is 22.6 Å². The first kappa shape index (κ1) is 27.5. The van der Waals surface area contributed by atoms with Crippen LogP contribution >= 0.6 is 0 Å². The molecular formula is C28H23N3O9. The molecule has 1 fully saturated rings. The summed E-state index contributed by atoms with van der Waals surface area (Å²) in [5, 5.41) is 13.0. The van der Waals surface area contributed by atoms with Crippen molar-refractivity contribution in [2.45, 2.75) is 13.5 Å². The molecule has 4 rings (SSSR count). The zero-order valence-electron chi connectivity index (χ0n) is 21.4. The van der Waals surface area contributed by atoms with E-state index in [4.69, 9.17) is 14.2 Å². The number of urea groups is 1. The average molecular weight is 546 g/mol. The number of nitrogens with zero attached hydrogens (tertiary/aromatic N) is 2. The van der Waals surface area contributed by atoms with E-state index < -0.39 is 28.7 Å². The van der Waals surface area contributed by atoms with E-state index in [-0.39, 0.29) is 35.7 Å². The normalized spacial score (nSPS) is 14.1. The Morgan fingerprint density at radius 2 is 1.70 bits per heavy atom. The van der Waals surface area contributed by atoms with Crippen molar-refractivity contribution >= 4 is 41.3 Å². The quantitative estimate of drug-likeness (QED) is 0.138. The van der Waals surface area contributed by atoms with E-state index in [0.717, 1.165) is 4.90 Å². The fourth-order valence-corrected chi connectivity index (χ4v) is 3.79. The number of amides is 4. The number of carbonyl (C=O) groups is 4. The number of hydrogen-bond donors (Lipinski definition) is 1. The van der Waals surface area contributed by atoms with Gasteiger partial charge in [-0.2, -0.15) is 0 Å². The lowest BCUT2D eigenvalue weighted by Crippen LogP contribution is -2.54. The minimum absolute atomic E-state index is 0.0334. The SMILES string of the molecule is CCOC(=O)c1ccc(N2C(=O)NC(=O)/C(=C\c3ccc(OCc4ccc([N+](=O)[O-])cc4)c(OC)c3)C2=O)cc1. The van der Waals surface area contributed by atoms with Crippen molar-refractivity contribution in [1.82, 2.24) is 5.32 Å². The maximum atomic E-state index is 13.2. The number of methoxy groups -OCH3 is 1. The standard InChI is InChI=1S/C28H23N3O9/c1-3-39-27(34)19-7-11-20(12-8-19)30-26(33)22(25(32)29-28(30)35)14-18-6-13-23(24(15-18)38-2)40-16-17-4-9-21(10-5-17)31(36)37/h4-15H,3,16H2,1-2H3,(H,29,32,35)/b22-14+. The number of non-ortho nitro benzene ring substituents is 1. The zero-order chi connectivity index (χ0) is 28.8. The van der Waals surface area contributed by atoms with Crippen LogP contribution in [0.1, 0.15) is 28.4 Å². The first-order valence-corrected chi connectivity index (χ1v) is 11.9. The third-order valence-corrected chi connectivity index (χ3v) is 5.78. The van der Waals surface area contributed by atoms with E-state index >= 15 is 0 Å². The molecule has 204 valence electrons. The second-order valence-corrected chi connectivity index (χ2v) is 8.35. The summed E-state index contributed by atoms with van der Waals surface area (Å²) in [6.45, 7) is 1.98. The van der Waals surface area contributed by atoms with Crippen molar-refractivity contribution in [2.24, 2.45) is 0 Å². The molecule has 0 bridgehead atoms. The molecule has 0 radical (unpaired) electrons. The highest BCUT2D eigenvalue weighted by atomic mass is 16.6. The van der Waals surface area contributed by atoms with Crippen molar-refractivity contribution in [2.75, 3.05) is 18.6 Å². The largest absolute Gasteiger partial charge is 0.493 e. The number of benzene rings is 3.